The number of carbonyl (C=O) groups is 1. The van der Waals surface area contributed by atoms with Crippen LogP contribution >= 0.6 is 0 Å². The summed E-state index contributed by atoms with van der Waals surface area (Å²) in [7, 11) is 0. The topological polar surface area (TPSA) is 77.6 Å². The first-order valence-corrected chi connectivity index (χ1v) is 12.7. The second-order valence-corrected chi connectivity index (χ2v) is 9.33. The summed E-state index contributed by atoms with van der Waals surface area (Å²) in [6.45, 7) is 0.846. The predicted molar refractivity (Wildman–Crippen MR) is 141 cm³/mol. The van der Waals surface area contributed by atoms with Crippen LogP contribution < -0.4 is 5.32 Å². The van der Waals surface area contributed by atoms with Gasteiger partial charge in [0.05, 0.1) is 16.7 Å². The molecular weight excluding hydrogens is 467 g/mol. The first kappa shape index (κ1) is 23.1. The Labute approximate surface area is 214 Å². The molecule has 0 spiro atoms. The molecule has 0 radical (unpaired) electrons. The highest BCUT2D eigenvalue weighted by Gasteiger charge is 2.18. The Morgan fingerprint density at radius 3 is 2.68 bits per heavy atom. The zero-order valence-electron chi connectivity index (χ0n) is 20.4. The van der Waals surface area contributed by atoms with Gasteiger partial charge in [-0.2, -0.15) is 0 Å². The molecule has 3 heterocycles. The lowest BCUT2D eigenvalue weighted by molar-refractivity contribution is -0.116. The average molecular weight is 495 g/mol. The smallest absolute Gasteiger partial charge is 0.224 e. The molecule has 37 heavy (non-hydrogen) atoms. The van der Waals surface area contributed by atoms with Crippen LogP contribution in [-0.2, 0) is 24.2 Å². The van der Waals surface area contributed by atoms with Crippen LogP contribution in [0.5, 0.6) is 0 Å². The van der Waals surface area contributed by atoms with E-state index < -0.39 is 5.82 Å². The normalized spacial score (nSPS) is 13.3. The Morgan fingerprint density at radius 2 is 1.78 bits per heavy atom. The molecule has 2 aromatic heterocycles. The molecule has 6 rings (SSSR count). The molecule has 0 unspecified atom stereocenters. The Bertz CT molecular complexity index is 1570. The molecule has 0 fully saturated rings. The van der Waals surface area contributed by atoms with Gasteiger partial charge in [-0.3, -0.25) is 9.36 Å². The number of hydrogen-bond donors (Lipinski definition) is 1. The minimum atomic E-state index is -0.482. The van der Waals surface area contributed by atoms with Gasteiger partial charge >= 0.3 is 0 Å². The highest BCUT2D eigenvalue weighted by atomic mass is 19.1. The van der Waals surface area contributed by atoms with Crippen molar-refractivity contribution in [3.05, 3.63) is 90.3 Å². The third kappa shape index (κ3) is 4.62. The number of benzene rings is 3. The Hall–Kier alpha value is -4.33. The number of nitrogens with one attached hydrogen (secondary N) is 1. The second-order valence-electron chi connectivity index (χ2n) is 9.33. The van der Waals surface area contributed by atoms with Crippen molar-refractivity contribution in [3.8, 4) is 17.1 Å². The molecule has 186 valence electrons. The van der Waals surface area contributed by atoms with Crippen LogP contribution in [0.15, 0.2) is 72.8 Å². The SMILES string of the molecule is O=C(CCc1nc2ccccc2n1-c1ccccc1)Nc1cc(-c2nnc3n2CCCCC3)ccc1F. The van der Waals surface area contributed by atoms with Gasteiger partial charge in [-0.05, 0) is 55.3 Å². The van der Waals surface area contributed by atoms with Gasteiger partial charge < -0.3 is 9.88 Å². The third-order valence-corrected chi connectivity index (χ3v) is 6.83. The molecule has 0 bridgehead atoms. The maximum Gasteiger partial charge on any atom is 0.224 e. The van der Waals surface area contributed by atoms with Crippen LogP contribution in [0.1, 0.15) is 37.3 Å². The number of halogens is 1. The van der Waals surface area contributed by atoms with E-state index in [1.807, 2.05) is 54.6 Å². The number of imidazole rings is 1. The zero-order chi connectivity index (χ0) is 25.2. The van der Waals surface area contributed by atoms with Gasteiger partial charge in [0, 0.05) is 37.1 Å². The van der Waals surface area contributed by atoms with Gasteiger partial charge in [0.15, 0.2) is 5.82 Å². The van der Waals surface area contributed by atoms with Gasteiger partial charge in [-0.1, -0.05) is 36.8 Å². The van der Waals surface area contributed by atoms with Crippen LogP contribution in [0.3, 0.4) is 0 Å². The molecule has 1 N–H and O–H groups in total. The van der Waals surface area contributed by atoms with Crippen molar-refractivity contribution in [3.63, 3.8) is 0 Å². The summed E-state index contributed by atoms with van der Waals surface area (Å²) in [5.74, 6) is 1.70. The van der Waals surface area contributed by atoms with Crippen LogP contribution in [0.4, 0.5) is 10.1 Å². The largest absolute Gasteiger partial charge is 0.324 e. The summed E-state index contributed by atoms with van der Waals surface area (Å²) >= 11 is 0. The molecular formula is C29H27FN6O. The molecule has 7 nitrogen and oxygen atoms in total. The van der Waals surface area contributed by atoms with Gasteiger partial charge in [0.2, 0.25) is 5.91 Å². The first-order chi connectivity index (χ1) is 18.2. The number of carbonyl (C=O) groups excluding carboxylic acids is 1. The number of fused-ring (bicyclic) bond motifs is 2. The summed E-state index contributed by atoms with van der Waals surface area (Å²) < 4.78 is 18.9. The Kier molecular flexibility index (Phi) is 6.22. The average Bonchev–Trinajstić information content (AvgIpc) is 3.42. The fraction of sp³-hybridized carbons (Fsp3) is 0.241. The summed E-state index contributed by atoms with van der Waals surface area (Å²) in [5, 5.41) is 11.5. The fourth-order valence-electron chi connectivity index (χ4n) is 5.01. The van der Waals surface area contributed by atoms with Crippen LogP contribution in [0.2, 0.25) is 0 Å². The fourth-order valence-corrected chi connectivity index (χ4v) is 5.01. The minimum Gasteiger partial charge on any atom is -0.324 e. The Morgan fingerprint density at radius 1 is 0.946 bits per heavy atom. The summed E-state index contributed by atoms with van der Waals surface area (Å²) in [6.07, 6.45) is 4.79. The highest BCUT2D eigenvalue weighted by molar-refractivity contribution is 5.91. The van der Waals surface area contributed by atoms with Crippen molar-refractivity contribution in [1.29, 1.82) is 0 Å². The van der Waals surface area contributed by atoms with Gasteiger partial charge in [-0.25, -0.2) is 9.37 Å². The quantitative estimate of drug-likeness (QED) is 0.327. The number of para-hydroxylation sites is 3. The number of aromatic nitrogens is 5. The van der Waals surface area contributed by atoms with Crippen molar-refractivity contribution in [2.45, 2.75) is 45.1 Å². The molecule has 0 aliphatic carbocycles. The zero-order valence-corrected chi connectivity index (χ0v) is 20.4. The molecule has 0 saturated carbocycles. The number of anilines is 1. The summed E-state index contributed by atoms with van der Waals surface area (Å²) in [6, 6.07) is 22.6. The molecule has 5 aromatic rings. The van der Waals surface area contributed by atoms with E-state index in [0.29, 0.717) is 12.2 Å². The van der Waals surface area contributed by atoms with Gasteiger partial charge in [-0.15, -0.1) is 10.2 Å². The summed E-state index contributed by atoms with van der Waals surface area (Å²) in [5.41, 5.74) is 3.72. The lowest BCUT2D eigenvalue weighted by Gasteiger charge is -2.11. The van der Waals surface area contributed by atoms with Crippen molar-refractivity contribution in [1.82, 2.24) is 24.3 Å². The Balaban J connectivity index is 1.22. The van der Waals surface area contributed by atoms with Crippen molar-refractivity contribution in [2.24, 2.45) is 0 Å². The molecule has 1 aliphatic heterocycles. The van der Waals surface area contributed by atoms with E-state index in [1.165, 1.54) is 6.07 Å². The van der Waals surface area contributed by atoms with E-state index in [1.54, 1.807) is 12.1 Å². The number of amides is 1. The molecule has 0 saturated heterocycles. The number of nitrogens with zero attached hydrogens (tertiary/aromatic N) is 5. The predicted octanol–water partition coefficient (Wildman–Crippen LogP) is 5.72. The van der Waals surface area contributed by atoms with E-state index in [9.17, 15) is 9.18 Å². The van der Waals surface area contributed by atoms with E-state index in [2.05, 4.69) is 24.6 Å². The summed E-state index contributed by atoms with van der Waals surface area (Å²) in [4.78, 5) is 17.7. The van der Waals surface area contributed by atoms with E-state index in [4.69, 9.17) is 4.98 Å². The number of rotatable bonds is 6. The van der Waals surface area contributed by atoms with Crippen LogP contribution in [0.25, 0.3) is 28.1 Å². The third-order valence-electron chi connectivity index (χ3n) is 6.83. The molecule has 0 atom stereocenters. The minimum absolute atomic E-state index is 0.144. The van der Waals surface area contributed by atoms with Crippen molar-refractivity contribution >= 4 is 22.6 Å². The molecule has 3 aromatic carbocycles. The lowest BCUT2D eigenvalue weighted by Crippen LogP contribution is -2.15. The second kappa shape index (κ2) is 9.97. The number of hydrogen-bond acceptors (Lipinski definition) is 4. The maximum absolute atomic E-state index is 14.7. The highest BCUT2D eigenvalue weighted by Crippen LogP contribution is 2.27. The number of aryl methyl sites for hydroxylation is 2. The molecule has 1 amide bonds. The monoisotopic (exact) mass is 494 g/mol. The van der Waals surface area contributed by atoms with E-state index in [-0.39, 0.29) is 18.0 Å². The van der Waals surface area contributed by atoms with Crippen LogP contribution in [-0.4, -0.2) is 30.2 Å². The van der Waals surface area contributed by atoms with Crippen molar-refractivity contribution in [2.75, 3.05) is 5.32 Å². The van der Waals surface area contributed by atoms with Crippen molar-refractivity contribution < 1.29 is 9.18 Å². The van der Waals surface area contributed by atoms with E-state index >= 15 is 0 Å². The standard InChI is InChI=1S/C29H27FN6O/c30-22-15-14-20(29-34-33-27-13-5-2-8-18-35(27)29)19-24(22)32-28(37)17-16-26-31-23-11-6-7-12-25(23)36(26)21-9-3-1-4-10-21/h1,3-4,6-7,9-12,14-15,19H,2,5,8,13,16-18H2,(H,32,37). The molecule has 1 aliphatic rings. The maximum atomic E-state index is 14.7. The lowest BCUT2D eigenvalue weighted by atomic mass is 10.1. The van der Waals surface area contributed by atoms with Gasteiger partial charge in [0.25, 0.3) is 0 Å². The molecule has 8 heteroatoms. The van der Waals surface area contributed by atoms with Crippen LogP contribution in [0, 0.1) is 5.82 Å². The van der Waals surface area contributed by atoms with E-state index in [0.717, 1.165) is 66.2 Å². The first-order valence-electron chi connectivity index (χ1n) is 12.7. The van der Waals surface area contributed by atoms with Gasteiger partial charge in [0.1, 0.15) is 17.5 Å².